The van der Waals surface area contributed by atoms with Crippen LogP contribution in [0.5, 0.6) is 0 Å². The van der Waals surface area contributed by atoms with E-state index in [4.69, 9.17) is 5.73 Å². The second kappa shape index (κ2) is 6.04. The van der Waals surface area contributed by atoms with E-state index in [-0.39, 0.29) is 11.7 Å². The zero-order chi connectivity index (χ0) is 15.4. The van der Waals surface area contributed by atoms with Crippen LogP contribution in [0.15, 0.2) is 48.5 Å². The Morgan fingerprint density at radius 3 is 2.48 bits per heavy atom. The lowest BCUT2D eigenvalue weighted by Gasteiger charge is -2.16. The van der Waals surface area contributed by atoms with Crippen LogP contribution in [0.2, 0.25) is 0 Å². The molecule has 0 bridgehead atoms. The summed E-state index contributed by atoms with van der Waals surface area (Å²) < 4.78 is 0. The maximum atomic E-state index is 11.1. The van der Waals surface area contributed by atoms with E-state index >= 15 is 0 Å². The van der Waals surface area contributed by atoms with Gasteiger partial charge in [-0.1, -0.05) is 18.2 Å². The highest BCUT2D eigenvalue weighted by molar-refractivity contribution is 5.93. The Morgan fingerprint density at radius 1 is 1.24 bits per heavy atom. The number of nitro benzene ring substituents is 1. The van der Waals surface area contributed by atoms with Crippen molar-refractivity contribution in [1.29, 1.82) is 0 Å². The maximum Gasteiger partial charge on any atom is 0.269 e. The number of carbonyl (C=O) groups is 1. The van der Waals surface area contributed by atoms with Crippen LogP contribution in [0.4, 0.5) is 11.4 Å². The average Bonchev–Trinajstić information content (AvgIpc) is 2.47. The quantitative estimate of drug-likeness (QED) is 0.651. The summed E-state index contributed by atoms with van der Waals surface area (Å²) in [6, 6.07) is 13.2. The first-order chi connectivity index (χ1) is 9.97. The summed E-state index contributed by atoms with van der Waals surface area (Å²) in [5.41, 5.74) is 7.39. The van der Waals surface area contributed by atoms with Crippen LogP contribution in [-0.2, 0) is 0 Å². The van der Waals surface area contributed by atoms with Crippen molar-refractivity contribution in [2.45, 2.75) is 13.0 Å². The zero-order valence-electron chi connectivity index (χ0n) is 11.4. The third-order valence-corrected chi connectivity index (χ3v) is 3.13. The molecular weight excluding hydrogens is 270 g/mol. The molecule has 1 amide bonds. The second-order valence-electron chi connectivity index (χ2n) is 4.66. The first kappa shape index (κ1) is 14.5. The lowest BCUT2D eigenvalue weighted by Crippen LogP contribution is -2.12. The van der Waals surface area contributed by atoms with E-state index in [0.717, 1.165) is 11.3 Å². The predicted molar refractivity (Wildman–Crippen MR) is 80.1 cm³/mol. The lowest BCUT2D eigenvalue weighted by atomic mass is 10.1. The van der Waals surface area contributed by atoms with Crippen molar-refractivity contribution in [2.24, 2.45) is 5.73 Å². The van der Waals surface area contributed by atoms with Crippen LogP contribution in [0.25, 0.3) is 0 Å². The van der Waals surface area contributed by atoms with Gasteiger partial charge in [0.2, 0.25) is 5.91 Å². The maximum absolute atomic E-state index is 11.1. The molecule has 6 heteroatoms. The Hall–Kier alpha value is -2.89. The van der Waals surface area contributed by atoms with Gasteiger partial charge in [-0.3, -0.25) is 14.9 Å². The predicted octanol–water partition coefficient (Wildman–Crippen LogP) is 2.87. The number of hydrogen-bond acceptors (Lipinski definition) is 4. The summed E-state index contributed by atoms with van der Waals surface area (Å²) in [6.45, 7) is 1.93. The topological polar surface area (TPSA) is 98.3 Å². The molecule has 0 aliphatic heterocycles. The number of nitro groups is 1. The van der Waals surface area contributed by atoms with Crippen LogP contribution in [0.1, 0.15) is 28.9 Å². The van der Waals surface area contributed by atoms with Gasteiger partial charge in [-0.2, -0.15) is 0 Å². The highest BCUT2D eigenvalue weighted by Gasteiger charge is 2.09. The number of nitrogens with two attached hydrogens (primary N) is 1. The molecule has 0 saturated carbocycles. The lowest BCUT2D eigenvalue weighted by molar-refractivity contribution is -0.384. The minimum atomic E-state index is -0.485. The van der Waals surface area contributed by atoms with Crippen molar-refractivity contribution >= 4 is 17.3 Å². The fourth-order valence-corrected chi connectivity index (χ4v) is 1.98. The van der Waals surface area contributed by atoms with Crippen LogP contribution < -0.4 is 11.1 Å². The summed E-state index contributed by atoms with van der Waals surface area (Å²) in [6.07, 6.45) is 0. The molecule has 0 aliphatic carbocycles. The number of nitrogens with zero attached hydrogens (tertiary/aromatic N) is 1. The van der Waals surface area contributed by atoms with Crippen molar-refractivity contribution in [2.75, 3.05) is 5.32 Å². The number of carbonyl (C=O) groups excluding carboxylic acids is 1. The number of amides is 1. The first-order valence-electron chi connectivity index (χ1n) is 6.38. The molecule has 0 saturated heterocycles. The first-order valence-corrected chi connectivity index (χ1v) is 6.38. The number of non-ortho nitro benzene ring substituents is 1. The molecule has 1 atom stereocenters. The van der Waals surface area contributed by atoms with Crippen molar-refractivity contribution in [3.05, 3.63) is 69.8 Å². The number of primary amides is 1. The van der Waals surface area contributed by atoms with Crippen molar-refractivity contribution in [1.82, 2.24) is 0 Å². The number of hydrogen-bond donors (Lipinski definition) is 2. The average molecular weight is 285 g/mol. The Morgan fingerprint density at radius 2 is 1.90 bits per heavy atom. The van der Waals surface area contributed by atoms with Crippen molar-refractivity contribution in [3.63, 3.8) is 0 Å². The molecule has 2 aromatic carbocycles. The molecule has 2 rings (SSSR count). The van der Waals surface area contributed by atoms with Crippen LogP contribution >= 0.6 is 0 Å². The highest BCUT2D eigenvalue weighted by atomic mass is 16.6. The van der Waals surface area contributed by atoms with Crippen molar-refractivity contribution < 1.29 is 9.72 Å². The molecule has 1 unspecified atom stereocenters. The van der Waals surface area contributed by atoms with Crippen LogP contribution in [-0.4, -0.2) is 10.8 Å². The SMILES string of the molecule is CC(Nc1cccc(C(N)=O)c1)c1ccc([N+](=O)[O-])cc1. The Labute approximate surface area is 121 Å². The summed E-state index contributed by atoms with van der Waals surface area (Å²) >= 11 is 0. The molecule has 0 heterocycles. The van der Waals surface area contributed by atoms with Gasteiger partial charge in [0.25, 0.3) is 5.69 Å². The fourth-order valence-electron chi connectivity index (χ4n) is 1.98. The standard InChI is InChI=1S/C15H15N3O3/c1-10(11-5-7-14(8-6-11)18(20)21)17-13-4-2-3-12(9-13)15(16)19/h2-10,17H,1H3,(H2,16,19). The molecule has 6 nitrogen and oxygen atoms in total. The van der Waals surface area contributed by atoms with Gasteiger partial charge in [0.1, 0.15) is 0 Å². The monoisotopic (exact) mass is 285 g/mol. The summed E-state index contributed by atoms with van der Waals surface area (Å²) in [5, 5.41) is 13.8. The molecule has 108 valence electrons. The summed E-state index contributed by atoms with van der Waals surface area (Å²) in [7, 11) is 0. The van der Waals surface area contributed by atoms with Crippen LogP contribution in [0, 0.1) is 10.1 Å². The normalized spacial score (nSPS) is 11.7. The van der Waals surface area contributed by atoms with E-state index in [1.165, 1.54) is 12.1 Å². The van der Waals surface area contributed by atoms with E-state index in [0.29, 0.717) is 5.56 Å². The van der Waals surface area contributed by atoms with Gasteiger partial charge >= 0.3 is 0 Å². The largest absolute Gasteiger partial charge is 0.379 e. The minimum Gasteiger partial charge on any atom is -0.379 e. The molecule has 0 fully saturated rings. The molecule has 0 radical (unpaired) electrons. The Kier molecular flexibility index (Phi) is 4.18. The van der Waals surface area contributed by atoms with E-state index in [2.05, 4.69) is 5.32 Å². The molecule has 21 heavy (non-hydrogen) atoms. The molecule has 0 spiro atoms. The molecule has 2 aromatic rings. The van der Waals surface area contributed by atoms with E-state index in [1.807, 2.05) is 13.0 Å². The van der Waals surface area contributed by atoms with Crippen molar-refractivity contribution in [3.8, 4) is 0 Å². The third kappa shape index (κ3) is 3.56. The van der Waals surface area contributed by atoms with Gasteiger partial charge in [-0.15, -0.1) is 0 Å². The highest BCUT2D eigenvalue weighted by Crippen LogP contribution is 2.22. The fraction of sp³-hybridized carbons (Fsp3) is 0.133. The third-order valence-electron chi connectivity index (χ3n) is 3.13. The minimum absolute atomic E-state index is 0.0571. The van der Waals surface area contributed by atoms with Gasteiger partial charge in [0.05, 0.1) is 4.92 Å². The van der Waals surface area contributed by atoms with E-state index < -0.39 is 10.8 Å². The van der Waals surface area contributed by atoms with Gasteiger partial charge in [-0.05, 0) is 30.7 Å². The number of rotatable bonds is 5. The summed E-state index contributed by atoms with van der Waals surface area (Å²) in [4.78, 5) is 21.3. The second-order valence-corrected chi connectivity index (χ2v) is 4.66. The number of benzene rings is 2. The van der Waals surface area contributed by atoms with Crippen LogP contribution in [0.3, 0.4) is 0 Å². The van der Waals surface area contributed by atoms with Gasteiger partial charge in [0, 0.05) is 29.4 Å². The Balaban J connectivity index is 2.13. The smallest absolute Gasteiger partial charge is 0.269 e. The van der Waals surface area contributed by atoms with Gasteiger partial charge in [-0.25, -0.2) is 0 Å². The van der Waals surface area contributed by atoms with E-state index in [9.17, 15) is 14.9 Å². The van der Waals surface area contributed by atoms with E-state index in [1.54, 1.807) is 30.3 Å². The molecule has 0 aromatic heterocycles. The van der Waals surface area contributed by atoms with Gasteiger partial charge < -0.3 is 11.1 Å². The molecular formula is C15H15N3O3. The number of anilines is 1. The molecule has 0 aliphatic rings. The Bertz CT molecular complexity index is 668. The summed E-state index contributed by atoms with van der Waals surface area (Å²) in [5.74, 6) is -0.485. The number of nitrogens with one attached hydrogen (secondary N) is 1. The zero-order valence-corrected chi connectivity index (χ0v) is 11.4. The molecule has 3 N–H and O–H groups in total. The van der Waals surface area contributed by atoms with Gasteiger partial charge in [0.15, 0.2) is 0 Å².